The zero-order valence-corrected chi connectivity index (χ0v) is 31.2. The molecule has 10 aromatic rings. The van der Waals surface area contributed by atoms with Gasteiger partial charge < -0.3 is 13.7 Å². The van der Waals surface area contributed by atoms with Crippen molar-refractivity contribution in [1.82, 2.24) is 0 Å². The number of anilines is 3. The van der Waals surface area contributed by atoms with Gasteiger partial charge >= 0.3 is 0 Å². The Morgan fingerprint density at radius 2 is 0.947 bits per heavy atom. The second-order valence-electron chi connectivity index (χ2n) is 14.8. The van der Waals surface area contributed by atoms with E-state index in [0.717, 1.165) is 79.0 Å². The lowest BCUT2D eigenvalue weighted by Gasteiger charge is -2.27. The fourth-order valence-corrected chi connectivity index (χ4v) is 8.69. The molecule has 11 rings (SSSR count). The van der Waals surface area contributed by atoms with Gasteiger partial charge in [0.25, 0.3) is 0 Å². The van der Waals surface area contributed by atoms with Gasteiger partial charge in [-0.15, -0.1) is 0 Å². The zero-order chi connectivity index (χ0) is 37.7. The molecule has 1 unspecified atom stereocenters. The third kappa shape index (κ3) is 5.75. The number of hydrogen-bond acceptors (Lipinski definition) is 3. The highest BCUT2D eigenvalue weighted by molar-refractivity contribution is 6.10. The van der Waals surface area contributed by atoms with Crippen LogP contribution in [0.5, 0.6) is 0 Å². The number of benzene rings is 8. The zero-order valence-electron chi connectivity index (χ0n) is 31.2. The van der Waals surface area contributed by atoms with Gasteiger partial charge in [-0.25, -0.2) is 0 Å². The fraction of sp³-hybridized carbons (Fsp3) is 0.0370. The van der Waals surface area contributed by atoms with Crippen LogP contribution in [0.3, 0.4) is 0 Å². The second-order valence-corrected chi connectivity index (χ2v) is 14.8. The second kappa shape index (κ2) is 13.7. The predicted molar refractivity (Wildman–Crippen MR) is 236 cm³/mol. The number of para-hydroxylation sites is 3. The SMILES string of the molecule is C1=Cc2c(oc3ccccc23)C(c2ccc(N(c3ccc(-c4ccccc4)cc3)c3ccc(-c4ccccc4-c4cccc5c4oc4ccccc45)cc3)cc2)C1. The summed E-state index contributed by atoms with van der Waals surface area (Å²) in [6.45, 7) is 0. The minimum Gasteiger partial charge on any atom is -0.460 e. The van der Waals surface area contributed by atoms with E-state index in [1.165, 1.54) is 27.6 Å². The fourth-order valence-electron chi connectivity index (χ4n) is 8.69. The molecule has 0 bridgehead atoms. The third-order valence-electron chi connectivity index (χ3n) is 11.5. The average Bonchev–Trinajstić information content (AvgIpc) is 3.87. The van der Waals surface area contributed by atoms with Crippen molar-refractivity contribution in [2.45, 2.75) is 12.3 Å². The minimum absolute atomic E-state index is 0.162. The van der Waals surface area contributed by atoms with E-state index in [1.54, 1.807) is 0 Å². The van der Waals surface area contributed by atoms with E-state index in [4.69, 9.17) is 8.83 Å². The molecule has 2 heterocycles. The summed E-state index contributed by atoms with van der Waals surface area (Å²) in [6.07, 6.45) is 5.40. The lowest BCUT2D eigenvalue weighted by atomic mass is 9.86. The van der Waals surface area contributed by atoms with Gasteiger partial charge in [-0.3, -0.25) is 0 Å². The Labute approximate surface area is 331 Å². The molecule has 3 heteroatoms. The van der Waals surface area contributed by atoms with Crippen LogP contribution in [0.2, 0.25) is 0 Å². The summed E-state index contributed by atoms with van der Waals surface area (Å²) in [5.74, 6) is 1.21. The van der Waals surface area contributed by atoms with Gasteiger partial charge in [-0.2, -0.15) is 0 Å². The summed E-state index contributed by atoms with van der Waals surface area (Å²) in [7, 11) is 0. The molecule has 1 aliphatic carbocycles. The summed E-state index contributed by atoms with van der Waals surface area (Å²) in [5, 5.41) is 3.44. The Hall–Kier alpha value is -7.36. The van der Waals surface area contributed by atoms with Crippen LogP contribution in [0.4, 0.5) is 17.1 Å². The third-order valence-corrected chi connectivity index (χ3v) is 11.5. The Morgan fingerprint density at radius 3 is 1.68 bits per heavy atom. The predicted octanol–water partition coefficient (Wildman–Crippen LogP) is 15.4. The van der Waals surface area contributed by atoms with Gasteiger partial charge in [0, 0.05) is 50.3 Å². The molecule has 0 saturated heterocycles. The number of allylic oxidation sites excluding steroid dienone is 1. The highest BCUT2D eigenvalue weighted by atomic mass is 16.3. The number of rotatable bonds is 7. The quantitative estimate of drug-likeness (QED) is 0.163. The maximum atomic E-state index is 6.48. The van der Waals surface area contributed by atoms with Crippen LogP contribution in [-0.2, 0) is 0 Å². The average molecular weight is 732 g/mol. The van der Waals surface area contributed by atoms with E-state index in [9.17, 15) is 0 Å². The summed E-state index contributed by atoms with van der Waals surface area (Å²) in [6, 6.07) is 69.1. The molecule has 3 nitrogen and oxygen atoms in total. The molecule has 0 N–H and O–H groups in total. The monoisotopic (exact) mass is 731 g/mol. The Bertz CT molecular complexity index is 3080. The lowest BCUT2D eigenvalue weighted by molar-refractivity contribution is 0.517. The van der Waals surface area contributed by atoms with Crippen LogP contribution in [-0.4, -0.2) is 0 Å². The van der Waals surface area contributed by atoms with E-state index in [1.807, 2.05) is 18.2 Å². The van der Waals surface area contributed by atoms with E-state index >= 15 is 0 Å². The Balaban J connectivity index is 0.973. The number of furan rings is 2. The topological polar surface area (TPSA) is 29.5 Å². The van der Waals surface area contributed by atoms with Crippen molar-refractivity contribution >= 4 is 56.0 Å². The van der Waals surface area contributed by atoms with Crippen molar-refractivity contribution in [2.75, 3.05) is 4.90 Å². The lowest BCUT2D eigenvalue weighted by Crippen LogP contribution is -2.10. The van der Waals surface area contributed by atoms with Crippen LogP contribution in [0.25, 0.3) is 72.4 Å². The summed E-state index contributed by atoms with van der Waals surface area (Å²) in [4.78, 5) is 2.34. The van der Waals surface area contributed by atoms with Crippen molar-refractivity contribution < 1.29 is 8.83 Å². The molecule has 0 saturated carbocycles. The molecule has 1 aliphatic rings. The van der Waals surface area contributed by atoms with E-state index in [0.29, 0.717) is 0 Å². The smallest absolute Gasteiger partial charge is 0.143 e. The van der Waals surface area contributed by atoms with Crippen molar-refractivity contribution in [3.63, 3.8) is 0 Å². The van der Waals surface area contributed by atoms with Crippen molar-refractivity contribution in [1.29, 1.82) is 0 Å². The molecule has 270 valence electrons. The molecule has 8 aromatic carbocycles. The molecule has 0 spiro atoms. The summed E-state index contributed by atoms with van der Waals surface area (Å²) >= 11 is 0. The number of nitrogens with zero attached hydrogens (tertiary/aromatic N) is 1. The molecular weight excluding hydrogens is 695 g/mol. The maximum Gasteiger partial charge on any atom is 0.143 e. The van der Waals surface area contributed by atoms with E-state index < -0.39 is 0 Å². The first-order chi connectivity index (χ1) is 28.3. The molecular formula is C54H37NO2. The summed E-state index contributed by atoms with van der Waals surface area (Å²) in [5.41, 5.74) is 15.4. The van der Waals surface area contributed by atoms with Gasteiger partial charge in [-0.05, 0) is 88.3 Å². The molecule has 1 atom stereocenters. The molecule has 0 aliphatic heterocycles. The first kappa shape index (κ1) is 33.0. The van der Waals surface area contributed by atoms with Gasteiger partial charge in [0.15, 0.2) is 0 Å². The first-order valence-corrected chi connectivity index (χ1v) is 19.6. The Morgan fingerprint density at radius 1 is 0.404 bits per heavy atom. The number of hydrogen-bond donors (Lipinski definition) is 0. The van der Waals surface area contributed by atoms with Crippen molar-refractivity contribution in [3.8, 4) is 33.4 Å². The molecule has 0 radical (unpaired) electrons. The van der Waals surface area contributed by atoms with Gasteiger partial charge in [0.1, 0.15) is 22.5 Å². The Kier molecular flexibility index (Phi) is 7.96. The van der Waals surface area contributed by atoms with Crippen LogP contribution in [0.1, 0.15) is 29.2 Å². The highest BCUT2D eigenvalue weighted by Gasteiger charge is 2.26. The van der Waals surface area contributed by atoms with Gasteiger partial charge in [0.2, 0.25) is 0 Å². The van der Waals surface area contributed by atoms with Crippen LogP contribution < -0.4 is 4.90 Å². The highest BCUT2D eigenvalue weighted by Crippen LogP contribution is 2.44. The van der Waals surface area contributed by atoms with Crippen molar-refractivity contribution in [2.24, 2.45) is 0 Å². The minimum atomic E-state index is 0.162. The van der Waals surface area contributed by atoms with Gasteiger partial charge in [0.05, 0.1) is 0 Å². The normalized spacial score (nSPS) is 13.6. The van der Waals surface area contributed by atoms with Crippen LogP contribution >= 0.6 is 0 Å². The molecule has 0 fully saturated rings. The maximum absolute atomic E-state index is 6.48. The molecule has 0 amide bonds. The summed E-state index contributed by atoms with van der Waals surface area (Å²) < 4.78 is 13.0. The first-order valence-electron chi connectivity index (χ1n) is 19.6. The number of fused-ring (bicyclic) bond motifs is 6. The van der Waals surface area contributed by atoms with E-state index in [2.05, 4.69) is 193 Å². The van der Waals surface area contributed by atoms with Crippen molar-refractivity contribution in [3.05, 3.63) is 217 Å². The standard InChI is InChI=1S/C54H37NO2/c1-2-12-36(13-3-1)37-24-30-40(31-25-37)55(42-34-28-39(29-35-42)44-18-10-20-49-46-16-6-8-22-51(46)56-53(44)49)41-32-26-38(27-33-41)43-14-4-5-15-45(43)48-19-11-21-50-47-17-7-9-23-52(47)57-54(48)50/h1-17,19-35,44H,18H2. The van der Waals surface area contributed by atoms with Gasteiger partial charge in [-0.1, -0.05) is 158 Å². The van der Waals surface area contributed by atoms with Crippen LogP contribution in [0, 0.1) is 0 Å². The largest absolute Gasteiger partial charge is 0.460 e. The van der Waals surface area contributed by atoms with Crippen LogP contribution in [0.15, 0.2) is 209 Å². The molecule has 57 heavy (non-hydrogen) atoms. The molecule has 2 aromatic heterocycles. The van der Waals surface area contributed by atoms with E-state index in [-0.39, 0.29) is 5.92 Å².